The van der Waals surface area contributed by atoms with E-state index < -0.39 is 17.3 Å². The Morgan fingerprint density at radius 2 is 1.62 bits per heavy atom. The molecule has 0 saturated heterocycles. The minimum atomic E-state index is -0.656. The fourth-order valence-corrected chi connectivity index (χ4v) is 3.70. The van der Waals surface area contributed by atoms with Gasteiger partial charge in [-0.1, -0.05) is 35.9 Å². The molecule has 0 fully saturated rings. The van der Waals surface area contributed by atoms with Crippen LogP contribution in [0, 0.1) is 6.92 Å². The van der Waals surface area contributed by atoms with E-state index >= 15 is 0 Å². The van der Waals surface area contributed by atoms with Crippen LogP contribution in [0.4, 0.5) is 5.69 Å². The molecule has 10 nitrogen and oxygen atoms in total. The van der Waals surface area contributed by atoms with E-state index in [2.05, 4.69) is 4.99 Å². The van der Waals surface area contributed by atoms with Gasteiger partial charge in [0.2, 0.25) is 5.62 Å². The van der Waals surface area contributed by atoms with Gasteiger partial charge in [-0.25, -0.2) is 23.9 Å². The molecule has 0 saturated carbocycles. The number of ether oxygens (including phenoxy) is 2. The number of nitrogen functional groups attached to an aromatic ring is 1. The third kappa shape index (κ3) is 5.53. The molecule has 2 N–H and O–H groups in total. The molecule has 1 aromatic heterocycles. The Morgan fingerprint density at radius 3 is 2.27 bits per heavy atom. The number of nitrogens with two attached hydrogens (primary N) is 1. The van der Waals surface area contributed by atoms with Gasteiger partial charge in [0, 0.05) is 6.54 Å². The smallest absolute Gasteiger partial charge is 0.353 e. The lowest BCUT2D eigenvalue weighted by Gasteiger charge is -2.13. The van der Waals surface area contributed by atoms with E-state index in [4.69, 9.17) is 15.3 Å². The lowest BCUT2D eigenvalue weighted by atomic mass is 10.1. The predicted molar refractivity (Wildman–Crippen MR) is 139 cm³/mol. The zero-order valence-corrected chi connectivity index (χ0v) is 20.7. The molecule has 4 rings (SSSR count). The molecule has 3 aromatic carbocycles. The van der Waals surface area contributed by atoms with E-state index in [0.717, 1.165) is 20.4 Å². The van der Waals surface area contributed by atoms with Gasteiger partial charge >= 0.3 is 17.3 Å². The van der Waals surface area contributed by atoms with E-state index in [0.29, 0.717) is 22.7 Å². The Balaban J connectivity index is 1.71. The Bertz CT molecular complexity index is 1610. The lowest BCUT2D eigenvalue weighted by Crippen LogP contribution is -2.57. The largest absolute Gasteiger partial charge is 0.465 e. The maximum absolute atomic E-state index is 13.2. The number of hydrogen-bond acceptors (Lipinski definition) is 7. The first-order valence-electron chi connectivity index (χ1n) is 11.6. The number of rotatable bonds is 7. The molecule has 0 aliphatic heterocycles. The molecule has 0 bridgehead atoms. The molecule has 0 spiro atoms. The number of nitrogens with zero attached hydrogens (tertiary/aromatic N) is 4. The summed E-state index contributed by atoms with van der Waals surface area (Å²) >= 11 is 0. The zero-order chi connectivity index (χ0) is 26.5. The fraction of sp³-hybridized carbons (Fsp3) is 0.185. The van der Waals surface area contributed by atoms with Gasteiger partial charge in [-0.15, -0.1) is 0 Å². The van der Waals surface area contributed by atoms with Gasteiger partial charge in [0.15, 0.2) is 0 Å². The van der Waals surface area contributed by atoms with Crippen molar-refractivity contribution in [1.29, 1.82) is 0 Å². The average molecular weight is 502 g/mol. The first-order chi connectivity index (χ1) is 17.8. The van der Waals surface area contributed by atoms with Crippen molar-refractivity contribution >= 4 is 11.7 Å². The van der Waals surface area contributed by atoms with Gasteiger partial charge in [-0.2, -0.15) is 4.68 Å². The van der Waals surface area contributed by atoms with Gasteiger partial charge < -0.3 is 15.3 Å². The highest BCUT2D eigenvalue weighted by Gasteiger charge is 2.13. The van der Waals surface area contributed by atoms with Crippen molar-refractivity contribution in [2.45, 2.75) is 26.9 Å². The molecule has 0 unspecified atom stereocenters. The second-order valence-electron chi connectivity index (χ2n) is 8.28. The van der Waals surface area contributed by atoms with E-state index in [-0.39, 0.29) is 18.7 Å². The first kappa shape index (κ1) is 25.2. The molecule has 0 aliphatic rings. The van der Waals surface area contributed by atoms with Crippen LogP contribution >= 0.6 is 0 Å². The standard InChI is InChI=1S/C27H27N5O5/c1-4-30-26(34)31(17-19-10-8-18(2)9-11-19)25(32(28)27(30)35)29-21-12-14-22(15-13-21)37-23-7-5-6-20(16-23)24(33)36-3/h5-16H,4,17,28H2,1-3H3. The number of carbonyl (C=O) groups excluding carboxylic acids is 1. The highest BCUT2D eigenvalue weighted by Crippen LogP contribution is 2.24. The van der Waals surface area contributed by atoms with Crippen LogP contribution in [-0.4, -0.2) is 26.9 Å². The molecule has 0 amide bonds. The maximum Gasteiger partial charge on any atom is 0.353 e. The fourth-order valence-electron chi connectivity index (χ4n) is 3.70. The quantitative estimate of drug-likeness (QED) is 0.307. The van der Waals surface area contributed by atoms with E-state index in [9.17, 15) is 14.4 Å². The van der Waals surface area contributed by atoms with Crippen molar-refractivity contribution < 1.29 is 14.3 Å². The molecule has 37 heavy (non-hydrogen) atoms. The van der Waals surface area contributed by atoms with Crippen LogP contribution in [0.25, 0.3) is 0 Å². The first-order valence-corrected chi connectivity index (χ1v) is 11.6. The highest BCUT2D eigenvalue weighted by molar-refractivity contribution is 5.89. The Labute approximate surface area is 212 Å². The second kappa shape index (κ2) is 10.8. The van der Waals surface area contributed by atoms with E-state index in [1.54, 1.807) is 55.5 Å². The summed E-state index contributed by atoms with van der Waals surface area (Å²) in [4.78, 5) is 42.1. The summed E-state index contributed by atoms with van der Waals surface area (Å²) in [5, 5.41) is 0. The molecular weight excluding hydrogens is 474 g/mol. The maximum atomic E-state index is 13.2. The Kier molecular flexibility index (Phi) is 7.38. The van der Waals surface area contributed by atoms with E-state index in [1.807, 2.05) is 31.2 Å². The topological polar surface area (TPSA) is 123 Å². The summed E-state index contributed by atoms with van der Waals surface area (Å²) in [6.07, 6.45) is 0. The van der Waals surface area contributed by atoms with Crippen molar-refractivity contribution in [3.05, 3.63) is 116 Å². The summed E-state index contributed by atoms with van der Waals surface area (Å²) in [6, 6.07) is 21.0. The lowest BCUT2D eigenvalue weighted by molar-refractivity contribution is 0.0600. The molecule has 1 heterocycles. The predicted octanol–water partition coefficient (Wildman–Crippen LogP) is 2.71. The zero-order valence-electron chi connectivity index (χ0n) is 20.7. The number of hydrogen-bond donors (Lipinski definition) is 1. The van der Waals surface area contributed by atoms with Gasteiger partial charge in [0.25, 0.3) is 0 Å². The van der Waals surface area contributed by atoms with Gasteiger partial charge in [-0.3, -0.25) is 4.57 Å². The molecular formula is C27H27N5O5. The second-order valence-corrected chi connectivity index (χ2v) is 8.28. The molecule has 190 valence electrons. The molecule has 0 aliphatic carbocycles. The van der Waals surface area contributed by atoms with Gasteiger partial charge in [0.05, 0.1) is 24.9 Å². The van der Waals surface area contributed by atoms with Crippen LogP contribution in [0.3, 0.4) is 0 Å². The summed E-state index contributed by atoms with van der Waals surface area (Å²) in [6.45, 7) is 4.04. The van der Waals surface area contributed by atoms with Crippen LogP contribution in [0.2, 0.25) is 0 Å². The number of benzene rings is 3. The minimum Gasteiger partial charge on any atom is -0.465 e. The van der Waals surface area contributed by atoms with Crippen LogP contribution in [0.5, 0.6) is 11.5 Å². The van der Waals surface area contributed by atoms with E-state index in [1.165, 1.54) is 11.7 Å². The average Bonchev–Trinajstić information content (AvgIpc) is 2.91. The summed E-state index contributed by atoms with van der Waals surface area (Å²) in [5.74, 6) is 6.60. The number of esters is 1. The Morgan fingerprint density at radius 1 is 0.919 bits per heavy atom. The highest BCUT2D eigenvalue weighted by atomic mass is 16.5. The van der Waals surface area contributed by atoms with Crippen LogP contribution in [0.1, 0.15) is 28.4 Å². The SMILES string of the molecule is CCn1c(=O)n(N)c(=Nc2ccc(Oc3cccc(C(=O)OC)c3)cc2)n(Cc2ccc(C)cc2)c1=O. The number of carbonyl (C=O) groups is 1. The molecule has 0 radical (unpaired) electrons. The third-order valence-electron chi connectivity index (χ3n) is 5.69. The van der Waals surface area contributed by atoms with Crippen LogP contribution in [-0.2, 0) is 17.8 Å². The van der Waals surface area contributed by atoms with Crippen molar-refractivity contribution in [3.8, 4) is 11.5 Å². The number of aryl methyl sites for hydroxylation is 1. The molecule has 10 heteroatoms. The van der Waals surface area contributed by atoms with Gasteiger partial charge in [-0.05, 0) is 61.9 Å². The Hall–Kier alpha value is -4.86. The van der Waals surface area contributed by atoms with Crippen molar-refractivity contribution in [1.82, 2.24) is 13.8 Å². The van der Waals surface area contributed by atoms with Crippen molar-refractivity contribution in [3.63, 3.8) is 0 Å². The number of aromatic nitrogens is 3. The monoisotopic (exact) mass is 501 g/mol. The summed E-state index contributed by atoms with van der Waals surface area (Å²) < 4.78 is 13.9. The van der Waals surface area contributed by atoms with Crippen molar-refractivity contribution in [2.24, 2.45) is 4.99 Å². The summed E-state index contributed by atoms with van der Waals surface area (Å²) in [5.41, 5.74) is 1.64. The van der Waals surface area contributed by atoms with Crippen molar-refractivity contribution in [2.75, 3.05) is 13.0 Å². The van der Waals surface area contributed by atoms with Crippen LogP contribution < -0.4 is 27.6 Å². The van der Waals surface area contributed by atoms with Crippen LogP contribution in [0.15, 0.2) is 87.4 Å². The normalized spacial score (nSPS) is 11.4. The number of methoxy groups -OCH3 is 1. The third-order valence-corrected chi connectivity index (χ3v) is 5.69. The minimum absolute atomic E-state index is 0.0136. The molecule has 0 atom stereocenters. The van der Waals surface area contributed by atoms with Gasteiger partial charge in [0.1, 0.15) is 11.5 Å². The summed E-state index contributed by atoms with van der Waals surface area (Å²) in [7, 11) is 1.31. The molecule has 4 aromatic rings.